The van der Waals surface area contributed by atoms with Crippen molar-refractivity contribution in [1.29, 1.82) is 0 Å². The minimum absolute atomic E-state index is 0.0528. The maximum absolute atomic E-state index is 11.7. The monoisotopic (exact) mass is 227 g/mol. The number of ether oxygens (including phenoxy) is 1. The van der Waals surface area contributed by atoms with Gasteiger partial charge in [-0.2, -0.15) is 0 Å². The topological polar surface area (TPSA) is 52.3 Å². The van der Waals surface area contributed by atoms with Crippen LogP contribution in [0, 0.1) is 11.8 Å². The van der Waals surface area contributed by atoms with Gasteiger partial charge in [-0.1, -0.05) is 13.8 Å². The highest BCUT2D eigenvalue weighted by molar-refractivity contribution is 5.69. The Balaban J connectivity index is 2.24. The molecule has 16 heavy (non-hydrogen) atoms. The first-order valence-electron chi connectivity index (χ1n) is 6.51. The van der Waals surface area contributed by atoms with Gasteiger partial charge in [0.15, 0.2) is 0 Å². The van der Waals surface area contributed by atoms with Crippen molar-refractivity contribution in [1.82, 2.24) is 0 Å². The van der Waals surface area contributed by atoms with Crippen LogP contribution in [0.4, 0.5) is 0 Å². The van der Waals surface area contributed by atoms with Gasteiger partial charge in [-0.3, -0.25) is 4.79 Å². The van der Waals surface area contributed by atoms with E-state index in [9.17, 15) is 4.79 Å². The van der Waals surface area contributed by atoms with Crippen molar-refractivity contribution in [2.45, 2.75) is 58.5 Å². The molecule has 2 N–H and O–H groups in total. The van der Waals surface area contributed by atoms with E-state index in [-0.39, 0.29) is 18.0 Å². The Hall–Kier alpha value is -0.570. The Bertz CT molecular complexity index is 210. The average Bonchev–Trinajstić information content (AvgIpc) is 2.68. The van der Waals surface area contributed by atoms with Crippen molar-refractivity contribution in [2.24, 2.45) is 17.6 Å². The molecule has 0 bridgehead atoms. The molecule has 1 fully saturated rings. The van der Waals surface area contributed by atoms with Crippen molar-refractivity contribution >= 4 is 5.97 Å². The molecule has 0 aromatic carbocycles. The SMILES string of the molecule is CC(C)CC(CN)CC(=O)OC1CCCC1. The summed E-state index contributed by atoms with van der Waals surface area (Å²) in [5.41, 5.74) is 5.67. The summed E-state index contributed by atoms with van der Waals surface area (Å²) in [5, 5.41) is 0. The molecule has 0 radical (unpaired) electrons. The molecule has 0 aromatic heterocycles. The van der Waals surface area contributed by atoms with Gasteiger partial charge in [0, 0.05) is 6.42 Å². The molecule has 1 rings (SSSR count). The number of esters is 1. The van der Waals surface area contributed by atoms with E-state index in [2.05, 4.69) is 13.8 Å². The second-order valence-corrected chi connectivity index (χ2v) is 5.33. The number of hydrogen-bond donors (Lipinski definition) is 1. The maximum Gasteiger partial charge on any atom is 0.306 e. The highest BCUT2D eigenvalue weighted by Crippen LogP contribution is 2.22. The standard InChI is InChI=1S/C13H25NO2/c1-10(2)7-11(9-14)8-13(15)16-12-5-3-4-6-12/h10-12H,3-9,14H2,1-2H3. The maximum atomic E-state index is 11.7. The van der Waals surface area contributed by atoms with E-state index < -0.39 is 0 Å². The largest absolute Gasteiger partial charge is 0.462 e. The van der Waals surface area contributed by atoms with Crippen LogP contribution in [-0.4, -0.2) is 18.6 Å². The van der Waals surface area contributed by atoms with Gasteiger partial charge in [-0.15, -0.1) is 0 Å². The molecule has 1 atom stereocenters. The predicted octanol–water partition coefficient (Wildman–Crippen LogP) is 2.48. The summed E-state index contributed by atoms with van der Waals surface area (Å²) in [5.74, 6) is 0.824. The quantitative estimate of drug-likeness (QED) is 0.709. The van der Waals surface area contributed by atoms with Crippen LogP contribution in [0.3, 0.4) is 0 Å². The van der Waals surface area contributed by atoms with E-state index in [0.717, 1.165) is 19.3 Å². The zero-order valence-corrected chi connectivity index (χ0v) is 10.6. The molecule has 0 heterocycles. The molecule has 0 aliphatic heterocycles. The molecular weight excluding hydrogens is 202 g/mol. The highest BCUT2D eigenvalue weighted by atomic mass is 16.5. The molecule has 0 aromatic rings. The Kier molecular flexibility index (Phi) is 5.81. The van der Waals surface area contributed by atoms with Crippen LogP contribution >= 0.6 is 0 Å². The zero-order chi connectivity index (χ0) is 12.0. The van der Waals surface area contributed by atoms with Crippen molar-refractivity contribution < 1.29 is 9.53 Å². The lowest BCUT2D eigenvalue weighted by Gasteiger charge is -2.18. The molecule has 1 saturated carbocycles. The molecule has 3 nitrogen and oxygen atoms in total. The van der Waals surface area contributed by atoms with Crippen LogP contribution in [0.2, 0.25) is 0 Å². The van der Waals surface area contributed by atoms with Gasteiger partial charge in [-0.05, 0) is 50.5 Å². The highest BCUT2D eigenvalue weighted by Gasteiger charge is 2.21. The van der Waals surface area contributed by atoms with E-state index in [0.29, 0.717) is 18.9 Å². The fraction of sp³-hybridized carbons (Fsp3) is 0.923. The van der Waals surface area contributed by atoms with E-state index >= 15 is 0 Å². The summed E-state index contributed by atoms with van der Waals surface area (Å²) in [6.07, 6.45) is 6.17. The third-order valence-corrected chi connectivity index (χ3v) is 3.19. The fourth-order valence-corrected chi connectivity index (χ4v) is 2.41. The van der Waals surface area contributed by atoms with Gasteiger partial charge in [0.05, 0.1) is 0 Å². The Morgan fingerprint density at radius 2 is 2.00 bits per heavy atom. The number of nitrogens with two attached hydrogens (primary N) is 1. The molecule has 1 unspecified atom stereocenters. The van der Waals surface area contributed by atoms with E-state index in [1.807, 2.05) is 0 Å². The molecule has 3 heteroatoms. The second-order valence-electron chi connectivity index (χ2n) is 5.33. The lowest BCUT2D eigenvalue weighted by molar-refractivity contribution is -0.149. The van der Waals surface area contributed by atoms with Crippen LogP contribution in [-0.2, 0) is 9.53 Å². The van der Waals surface area contributed by atoms with Crippen molar-refractivity contribution in [3.8, 4) is 0 Å². The summed E-state index contributed by atoms with van der Waals surface area (Å²) in [6, 6.07) is 0. The lowest BCUT2D eigenvalue weighted by Crippen LogP contribution is -2.23. The van der Waals surface area contributed by atoms with Crippen LogP contribution in [0.15, 0.2) is 0 Å². The number of rotatable bonds is 6. The normalized spacial score (nSPS) is 19.0. The lowest BCUT2D eigenvalue weighted by atomic mass is 9.94. The molecule has 0 spiro atoms. The van der Waals surface area contributed by atoms with Gasteiger partial charge < -0.3 is 10.5 Å². The first kappa shape index (κ1) is 13.5. The summed E-state index contributed by atoms with van der Waals surface area (Å²) in [7, 11) is 0. The first-order valence-corrected chi connectivity index (χ1v) is 6.51. The Morgan fingerprint density at radius 1 is 1.38 bits per heavy atom. The van der Waals surface area contributed by atoms with Gasteiger partial charge in [0.25, 0.3) is 0 Å². The van der Waals surface area contributed by atoms with E-state index in [1.165, 1.54) is 12.8 Å². The molecule has 1 aliphatic carbocycles. The van der Waals surface area contributed by atoms with Crippen molar-refractivity contribution in [3.63, 3.8) is 0 Å². The molecular formula is C13H25NO2. The second kappa shape index (κ2) is 6.89. The number of carbonyl (C=O) groups is 1. The van der Waals surface area contributed by atoms with Gasteiger partial charge in [0.2, 0.25) is 0 Å². The molecule has 0 amide bonds. The third-order valence-electron chi connectivity index (χ3n) is 3.19. The van der Waals surface area contributed by atoms with Gasteiger partial charge in [-0.25, -0.2) is 0 Å². The minimum atomic E-state index is -0.0528. The van der Waals surface area contributed by atoms with Crippen LogP contribution in [0.5, 0.6) is 0 Å². The van der Waals surface area contributed by atoms with Gasteiger partial charge >= 0.3 is 5.97 Å². The number of carbonyl (C=O) groups excluding carboxylic acids is 1. The Morgan fingerprint density at radius 3 is 2.50 bits per heavy atom. The molecule has 94 valence electrons. The predicted molar refractivity (Wildman–Crippen MR) is 65.0 cm³/mol. The summed E-state index contributed by atoms with van der Waals surface area (Å²) in [6.45, 7) is 4.90. The van der Waals surface area contributed by atoms with E-state index in [1.54, 1.807) is 0 Å². The zero-order valence-electron chi connectivity index (χ0n) is 10.6. The number of hydrogen-bond acceptors (Lipinski definition) is 3. The van der Waals surface area contributed by atoms with Crippen molar-refractivity contribution in [3.05, 3.63) is 0 Å². The van der Waals surface area contributed by atoms with Crippen LogP contribution in [0.25, 0.3) is 0 Å². The summed E-state index contributed by atoms with van der Waals surface area (Å²) < 4.78 is 5.43. The smallest absolute Gasteiger partial charge is 0.306 e. The van der Waals surface area contributed by atoms with E-state index in [4.69, 9.17) is 10.5 Å². The Labute approximate surface area is 98.7 Å². The average molecular weight is 227 g/mol. The molecule has 1 aliphatic rings. The summed E-state index contributed by atoms with van der Waals surface area (Å²) >= 11 is 0. The van der Waals surface area contributed by atoms with Gasteiger partial charge in [0.1, 0.15) is 6.10 Å². The van der Waals surface area contributed by atoms with Crippen LogP contribution in [0.1, 0.15) is 52.4 Å². The minimum Gasteiger partial charge on any atom is -0.462 e. The summed E-state index contributed by atoms with van der Waals surface area (Å²) in [4.78, 5) is 11.7. The van der Waals surface area contributed by atoms with Crippen molar-refractivity contribution in [2.75, 3.05) is 6.54 Å². The fourth-order valence-electron chi connectivity index (χ4n) is 2.41. The molecule has 0 saturated heterocycles. The first-order chi connectivity index (χ1) is 7.61. The van der Waals surface area contributed by atoms with Crippen LogP contribution < -0.4 is 5.73 Å². The third kappa shape index (κ3) is 4.97.